The molecule has 0 aliphatic rings. The summed E-state index contributed by atoms with van der Waals surface area (Å²) in [7, 11) is 0. The number of rotatable bonds is 5. The summed E-state index contributed by atoms with van der Waals surface area (Å²) in [4.78, 5) is 16.9. The Morgan fingerprint density at radius 3 is 2.87 bits per heavy atom. The third kappa shape index (κ3) is 3.82. The van der Waals surface area contributed by atoms with Crippen molar-refractivity contribution in [3.8, 4) is 12.3 Å². The van der Waals surface area contributed by atoms with E-state index in [0.29, 0.717) is 19.5 Å². The Morgan fingerprint density at radius 2 is 2.33 bits per heavy atom. The third-order valence-electron chi connectivity index (χ3n) is 1.97. The molecular formula is C11H14N2OS. The molecule has 0 amide bonds. The van der Waals surface area contributed by atoms with Crippen LogP contribution < -0.4 is 5.32 Å². The van der Waals surface area contributed by atoms with E-state index in [1.54, 1.807) is 11.3 Å². The van der Waals surface area contributed by atoms with Crippen LogP contribution in [0, 0.1) is 26.2 Å². The molecule has 0 bridgehead atoms. The highest BCUT2D eigenvalue weighted by Gasteiger charge is 2.08. The first-order chi connectivity index (χ1) is 7.13. The number of hydrogen-bond acceptors (Lipinski definition) is 4. The molecule has 3 nitrogen and oxygen atoms in total. The second-order valence-electron chi connectivity index (χ2n) is 3.27. The topological polar surface area (TPSA) is 42.0 Å². The van der Waals surface area contributed by atoms with Crippen LogP contribution in [0.15, 0.2) is 0 Å². The zero-order valence-electron chi connectivity index (χ0n) is 8.96. The van der Waals surface area contributed by atoms with Crippen molar-refractivity contribution < 1.29 is 4.79 Å². The average molecular weight is 222 g/mol. The van der Waals surface area contributed by atoms with Crippen molar-refractivity contribution in [1.82, 2.24) is 10.3 Å². The van der Waals surface area contributed by atoms with Gasteiger partial charge in [-0.15, -0.1) is 17.8 Å². The van der Waals surface area contributed by atoms with Crippen LogP contribution in [-0.2, 0) is 11.2 Å². The molecular weight excluding hydrogens is 208 g/mol. The molecule has 4 heteroatoms. The summed E-state index contributed by atoms with van der Waals surface area (Å²) < 4.78 is 0. The van der Waals surface area contributed by atoms with E-state index in [1.807, 2.05) is 13.8 Å². The van der Waals surface area contributed by atoms with Crippen LogP contribution >= 0.6 is 11.3 Å². The molecule has 1 N–H and O–H groups in total. The van der Waals surface area contributed by atoms with Gasteiger partial charge in [-0.05, 0) is 13.8 Å². The predicted molar refractivity (Wildman–Crippen MR) is 62.0 cm³/mol. The van der Waals surface area contributed by atoms with Crippen molar-refractivity contribution in [1.29, 1.82) is 0 Å². The highest BCUT2D eigenvalue weighted by Crippen LogP contribution is 2.16. The summed E-state index contributed by atoms with van der Waals surface area (Å²) in [6.45, 7) is 4.72. The Bertz CT molecular complexity index is 370. The second-order valence-corrected chi connectivity index (χ2v) is 4.56. The van der Waals surface area contributed by atoms with Crippen LogP contribution in [0.25, 0.3) is 0 Å². The Balaban J connectivity index is 2.42. The van der Waals surface area contributed by atoms with Crippen LogP contribution in [0.1, 0.15) is 15.6 Å². The van der Waals surface area contributed by atoms with Gasteiger partial charge in [0.25, 0.3) is 0 Å². The Kier molecular flexibility index (Phi) is 4.47. The van der Waals surface area contributed by atoms with Gasteiger partial charge in [0.15, 0.2) is 5.78 Å². The van der Waals surface area contributed by atoms with Gasteiger partial charge in [0, 0.05) is 4.88 Å². The van der Waals surface area contributed by atoms with E-state index >= 15 is 0 Å². The zero-order valence-corrected chi connectivity index (χ0v) is 9.78. The fourth-order valence-electron chi connectivity index (χ4n) is 1.12. The average Bonchev–Trinajstić information content (AvgIpc) is 2.46. The number of carbonyl (C=O) groups is 1. The van der Waals surface area contributed by atoms with Crippen LogP contribution in [0.4, 0.5) is 0 Å². The van der Waals surface area contributed by atoms with Gasteiger partial charge in [0.2, 0.25) is 0 Å². The molecule has 0 saturated heterocycles. The number of nitrogens with one attached hydrogen (secondary N) is 1. The van der Waals surface area contributed by atoms with Crippen LogP contribution in [0.3, 0.4) is 0 Å². The van der Waals surface area contributed by atoms with Gasteiger partial charge < -0.3 is 0 Å². The molecule has 1 rings (SSSR count). The fourth-order valence-corrected chi connectivity index (χ4v) is 2.08. The van der Waals surface area contributed by atoms with E-state index in [9.17, 15) is 4.79 Å². The maximum atomic E-state index is 11.4. The lowest BCUT2D eigenvalue weighted by Crippen LogP contribution is -2.24. The molecule has 80 valence electrons. The molecule has 0 fully saturated rings. The number of Topliss-reactive ketones (excluding diaryl/α,β-unsaturated/α-hetero) is 1. The SMILES string of the molecule is C#CCNCC(=O)Cc1nc(C)c(C)s1. The minimum absolute atomic E-state index is 0.124. The molecule has 1 heterocycles. The number of terminal acetylenes is 1. The van der Waals surface area contributed by atoms with Crippen molar-refractivity contribution >= 4 is 17.1 Å². The summed E-state index contributed by atoms with van der Waals surface area (Å²) in [5.41, 5.74) is 1.01. The van der Waals surface area contributed by atoms with E-state index in [-0.39, 0.29) is 5.78 Å². The number of hydrogen-bond donors (Lipinski definition) is 1. The van der Waals surface area contributed by atoms with E-state index in [4.69, 9.17) is 6.42 Å². The quantitative estimate of drug-likeness (QED) is 0.599. The number of nitrogens with zero attached hydrogens (tertiary/aromatic N) is 1. The molecule has 1 aromatic heterocycles. The van der Waals surface area contributed by atoms with Gasteiger partial charge in [-0.25, -0.2) is 4.98 Å². The number of aryl methyl sites for hydroxylation is 2. The maximum Gasteiger partial charge on any atom is 0.153 e. The molecule has 0 radical (unpaired) electrons. The standard InChI is InChI=1S/C11H14N2OS/c1-4-5-12-7-10(14)6-11-13-8(2)9(3)15-11/h1,12H,5-7H2,2-3H3. The fraction of sp³-hybridized carbons (Fsp3) is 0.455. The molecule has 0 aliphatic carbocycles. The summed E-state index contributed by atoms with van der Waals surface area (Å²) in [6, 6.07) is 0. The normalized spacial score (nSPS) is 9.93. The minimum Gasteiger partial charge on any atom is -0.299 e. The highest BCUT2D eigenvalue weighted by molar-refractivity contribution is 7.11. The lowest BCUT2D eigenvalue weighted by atomic mass is 10.3. The van der Waals surface area contributed by atoms with Gasteiger partial charge in [0.1, 0.15) is 5.01 Å². The zero-order chi connectivity index (χ0) is 11.3. The molecule has 0 spiro atoms. The summed E-state index contributed by atoms with van der Waals surface area (Å²) in [5, 5.41) is 3.75. The van der Waals surface area contributed by atoms with Crippen molar-refractivity contribution in [3.63, 3.8) is 0 Å². The first-order valence-corrected chi connectivity index (χ1v) is 5.54. The van der Waals surface area contributed by atoms with Crippen LogP contribution in [0.5, 0.6) is 0 Å². The van der Waals surface area contributed by atoms with Gasteiger partial charge >= 0.3 is 0 Å². The Hall–Kier alpha value is -1.18. The summed E-state index contributed by atoms with van der Waals surface area (Å²) in [6.07, 6.45) is 5.46. The summed E-state index contributed by atoms with van der Waals surface area (Å²) >= 11 is 1.58. The maximum absolute atomic E-state index is 11.4. The molecule has 0 aliphatic heterocycles. The third-order valence-corrected chi connectivity index (χ3v) is 3.04. The largest absolute Gasteiger partial charge is 0.299 e. The monoisotopic (exact) mass is 222 g/mol. The molecule has 0 atom stereocenters. The first kappa shape index (κ1) is 11.9. The molecule has 15 heavy (non-hydrogen) atoms. The van der Waals surface area contributed by atoms with Gasteiger partial charge in [0.05, 0.1) is 25.2 Å². The van der Waals surface area contributed by atoms with Crippen LogP contribution in [-0.4, -0.2) is 23.9 Å². The molecule has 0 unspecified atom stereocenters. The van der Waals surface area contributed by atoms with E-state index in [0.717, 1.165) is 10.7 Å². The van der Waals surface area contributed by atoms with Crippen molar-refractivity contribution in [2.24, 2.45) is 0 Å². The first-order valence-electron chi connectivity index (χ1n) is 4.72. The second kappa shape index (κ2) is 5.64. The van der Waals surface area contributed by atoms with E-state index in [1.165, 1.54) is 4.88 Å². The molecule has 1 aromatic rings. The van der Waals surface area contributed by atoms with E-state index < -0.39 is 0 Å². The van der Waals surface area contributed by atoms with Crippen molar-refractivity contribution in [3.05, 3.63) is 15.6 Å². The lowest BCUT2D eigenvalue weighted by molar-refractivity contribution is -0.117. The number of carbonyl (C=O) groups excluding carboxylic acids is 1. The predicted octanol–water partition coefficient (Wildman–Crippen LogP) is 1.09. The number of ketones is 1. The Morgan fingerprint density at radius 1 is 1.60 bits per heavy atom. The van der Waals surface area contributed by atoms with Gasteiger partial charge in [-0.2, -0.15) is 0 Å². The van der Waals surface area contributed by atoms with Crippen LogP contribution in [0.2, 0.25) is 0 Å². The number of aromatic nitrogens is 1. The Labute approximate surface area is 93.9 Å². The molecule has 0 aromatic carbocycles. The van der Waals surface area contributed by atoms with E-state index in [2.05, 4.69) is 16.2 Å². The van der Waals surface area contributed by atoms with Crippen molar-refractivity contribution in [2.45, 2.75) is 20.3 Å². The van der Waals surface area contributed by atoms with Gasteiger partial charge in [-0.1, -0.05) is 5.92 Å². The molecule has 0 saturated carbocycles. The minimum atomic E-state index is 0.124. The lowest BCUT2D eigenvalue weighted by Gasteiger charge is -1.97. The van der Waals surface area contributed by atoms with Crippen molar-refractivity contribution in [2.75, 3.05) is 13.1 Å². The highest BCUT2D eigenvalue weighted by atomic mass is 32.1. The number of thiazole rings is 1. The smallest absolute Gasteiger partial charge is 0.153 e. The van der Waals surface area contributed by atoms with Gasteiger partial charge in [-0.3, -0.25) is 10.1 Å². The summed E-state index contributed by atoms with van der Waals surface area (Å²) in [5.74, 6) is 2.55.